The summed E-state index contributed by atoms with van der Waals surface area (Å²) in [6.45, 7) is 8.18. The topological polar surface area (TPSA) is 46.3 Å². The van der Waals surface area contributed by atoms with Gasteiger partial charge < -0.3 is 10.6 Å². The molecule has 0 aromatic heterocycles. The molecule has 0 bridgehead atoms. The van der Waals surface area contributed by atoms with Gasteiger partial charge in [-0.3, -0.25) is 4.79 Å². The molecule has 19 heavy (non-hydrogen) atoms. The number of nitrogens with two attached hydrogens (primary N) is 1. The van der Waals surface area contributed by atoms with Gasteiger partial charge >= 0.3 is 0 Å². The van der Waals surface area contributed by atoms with Gasteiger partial charge in [-0.25, -0.2) is 0 Å². The van der Waals surface area contributed by atoms with Crippen LogP contribution in [0.5, 0.6) is 0 Å². The lowest BCUT2D eigenvalue weighted by Gasteiger charge is -2.31. The van der Waals surface area contributed by atoms with Crippen molar-refractivity contribution in [3.63, 3.8) is 0 Å². The highest BCUT2D eigenvalue weighted by Crippen LogP contribution is 2.18. The van der Waals surface area contributed by atoms with Crippen molar-refractivity contribution in [2.24, 2.45) is 11.1 Å². The van der Waals surface area contributed by atoms with Crippen molar-refractivity contribution in [3.05, 3.63) is 34.9 Å². The summed E-state index contributed by atoms with van der Waals surface area (Å²) in [5.74, 6) is 0.0417. The number of benzene rings is 1. The van der Waals surface area contributed by atoms with Crippen LogP contribution in [0.2, 0.25) is 5.02 Å². The van der Waals surface area contributed by atoms with Gasteiger partial charge in [-0.1, -0.05) is 32.4 Å². The van der Waals surface area contributed by atoms with E-state index in [1.54, 1.807) is 24.3 Å². The van der Waals surface area contributed by atoms with E-state index in [2.05, 4.69) is 20.8 Å². The smallest absolute Gasteiger partial charge is 0.253 e. The second-order valence-electron chi connectivity index (χ2n) is 5.60. The van der Waals surface area contributed by atoms with Crippen LogP contribution in [0.1, 0.15) is 37.6 Å². The van der Waals surface area contributed by atoms with Crippen LogP contribution in [-0.2, 0) is 0 Å². The molecule has 0 aliphatic heterocycles. The van der Waals surface area contributed by atoms with E-state index in [1.165, 1.54) is 0 Å². The average Bonchev–Trinajstić information content (AvgIpc) is 2.38. The molecule has 3 nitrogen and oxygen atoms in total. The normalized spacial score (nSPS) is 11.4. The number of rotatable bonds is 6. The molecule has 1 aromatic carbocycles. The summed E-state index contributed by atoms with van der Waals surface area (Å²) in [6, 6.07) is 7.02. The summed E-state index contributed by atoms with van der Waals surface area (Å²) in [5, 5.41) is 0.640. The zero-order chi connectivity index (χ0) is 14.5. The fourth-order valence-corrected chi connectivity index (χ4v) is 2.00. The summed E-state index contributed by atoms with van der Waals surface area (Å²) in [5.41, 5.74) is 6.35. The minimum Gasteiger partial charge on any atom is -0.338 e. The fraction of sp³-hybridized carbons (Fsp3) is 0.533. The molecule has 0 heterocycles. The van der Waals surface area contributed by atoms with E-state index >= 15 is 0 Å². The van der Waals surface area contributed by atoms with Crippen LogP contribution in [0, 0.1) is 5.41 Å². The van der Waals surface area contributed by atoms with E-state index in [9.17, 15) is 4.79 Å². The van der Waals surface area contributed by atoms with Gasteiger partial charge in [0, 0.05) is 23.7 Å². The number of carbonyl (C=O) groups is 1. The largest absolute Gasteiger partial charge is 0.338 e. The SMILES string of the molecule is CCCN(CC(C)(C)CN)C(=O)c1ccc(Cl)cc1. The van der Waals surface area contributed by atoms with Crippen LogP contribution < -0.4 is 5.73 Å². The molecule has 0 radical (unpaired) electrons. The van der Waals surface area contributed by atoms with Crippen molar-refractivity contribution in [1.29, 1.82) is 0 Å². The Balaban J connectivity index is 2.86. The summed E-state index contributed by atoms with van der Waals surface area (Å²) in [6.07, 6.45) is 0.931. The van der Waals surface area contributed by atoms with Crippen molar-refractivity contribution in [2.75, 3.05) is 19.6 Å². The Morgan fingerprint density at radius 1 is 1.32 bits per heavy atom. The molecule has 0 atom stereocenters. The molecule has 0 spiro atoms. The van der Waals surface area contributed by atoms with Crippen LogP contribution in [0.25, 0.3) is 0 Å². The van der Waals surface area contributed by atoms with Crippen LogP contribution in [0.3, 0.4) is 0 Å². The van der Waals surface area contributed by atoms with Crippen molar-refractivity contribution in [1.82, 2.24) is 4.90 Å². The quantitative estimate of drug-likeness (QED) is 0.871. The fourth-order valence-electron chi connectivity index (χ4n) is 1.88. The van der Waals surface area contributed by atoms with Crippen LogP contribution in [-0.4, -0.2) is 30.4 Å². The van der Waals surface area contributed by atoms with Gasteiger partial charge in [0.1, 0.15) is 0 Å². The van der Waals surface area contributed by atoms with Crippen LogP contribution >= 0.6 is 11.6 Å². The lowest BCUT2D eigenvalue weighted by Crippen LogP contribution is -2.42. The number of halogens is 1. The molecule has 106 valence electrons. The van der Waals surface area contributed by atoms with Crippen molar-refractivity contribution < 1.29 is 4.79 Å². The molecular formula is C15H23ClN2O. The van der Waals surface area contributed by atoms with E-state index in [0.29, 0.717) is 23.7 Å². The molecule has 0 fully saturated rings. The van der Waals surface area contributed by atoms with Crippen molar-refractivity contribution in [3.8, 4) is 0 Å². The molecule has 1 aromatic rings. The molecule has 2 N–H and O–H groups in total. The Bertz CT molecular complexity index is 415. The molecule has 0 saturated heterocycles. The molecule has 0 aliphatic rings. The molecular weight excluding hydrogens is 260 g/mol. The maximum Gasteiger partial charge on any atom is 0.253 e. The molecule has 0 unspecified atom stereocenters. The standard InChI is InChI=1S/C15H23ClN2O/c1-4-9-18(11-15(2,3)10-17)14(19)12-5-7-13(16)8-6-12/h5-8H,4,9-11,17H2,1-3H3. The Hall–Kier alpha value is -1.06. The van der Waals surface area contributed by atoms with Gasteiger partial charge in [-0.05, 0) is 42.6 Å². The zero-order valence-electron chi connectivity index (χ0n) is 11.9. The van der Waals surface area contributed by atoms with Gasteiger partial charge in [0.25, 0.3) is 5.91 Å². The maximum absolute atomic E-state index is 12.5. The Kier molecular flexibility index (Phi) is 5.83. The van der Waals surface area contributed by atoms with E-state index in [-0.39, 0.29) is 11.3 Å². The van der Waals surface area contributed by atoms with Crippen molar-refractivity contribution in [2.45, 2.75) is 27.2 Å². The maximum atomic E-state index is 12.5. The lowest BCUT2D eigenvalue weighted by atomic mass is 9.92. The summed E-state index contributed by atoms with van der Waals surface area (Å²) >= 11 is 5.84. The first-order valence-corrected chi connectivity index (χ1v) is 7.02. The number of carbonyl (C=O) groups excluding carboxylic acids is 1. The Labute approximate surface area is 120 Å². The first-order chi connectivity index (χ1) is 8.89. The summed E-state index contributed by atoms with van der Waals surface area (Å²) in [7, 11) is 0. The Morgan fingerprint density at radius 2 is 1.89 bits per heavy atom. The predicted molar refractivity (Wildman–Crippen MR) is 80.5 cm³/mol. The number of hydrogen-bond donors (Lipinski definition) is 1. The van der Waals surface area contributed by atoms with E-state index < -0.39 is 0 Å². The third kappa shape index (κ3) is 4.84. The minimum atomic E-state index is -0.0722. The predicted octanol–water partition coefficient (Wildman–Crippen LogP) is 3.18. The van der Waals surface area contributed by atoms with Crippen LogP contribution in [0.15, 0.2) is 24.3 Å². The average molecular weight is 283 g/mol. The summed E-state index contributed by atoms with van der Waals surface area (Å²) < 4.78 is 0. The lowest BCUT2D eigenvalue weighted by molar-refractivity contribution is 0.0689. The van der Waals surface area contributed by atoms with Gasteiger partial charge in [-0.2, -0.15) is 0 Å². The van der Waals surface area contributed by atoms with E-state index in [1.807, 2.05) is 4.90 Å². The highest BCUT2D eigenvalue weighted by Gasteiger charge is 2.23. The third-order valence-electron chi connectivity index (χ3n) is 3.04. The molecule has 4 heteroatoms. The van der Waals surface area contributed by atoms with Crippen molar-refractivity contribution >= 4 is 17.5 Å². The zero-order valence-corrected chi connectivity index (χ0v) is 12.7. The highest BCUT2D eigenvalue weighted by atomic mass is 35.5. The first kappa shape index (κ1) is 16.0. The van der Waals surface area contributed by atoms with Gasteiger partial charge in [0.15, 0.2) is 0 Å². The van der Waals surface area contributed by atoms with Crippen LogP contribution in [0.4, 0.5) is 0 Å². The number of amides is 1. The minimum absolute atomic E-state index is 0.0417. The van der Waals surface area contributed by atoms with Gasteiger partial charge in [-0.15, -0.1) is 0 Å². The van der Waals surface area contributed by atoms with Gasteiger partial charge in [0.05, 0.1) is 0 Å². The molecule has 0 saturated carbocycles. The van der Waals surface area contributed by atoms with E-state index in [4.69, 9.17) is 17.3 Å². The number of hydrogen-bond acceptors (Lipinski definition) is 2. The molecule has 0 aliphatic carbocycles. The molecule has 1 amide bonds. The molecule has 1 rings (SSSR count). The van der Waals surface area contributed by atoms with Gasteiger partial charge in [0.2, 0.25) is 0 Å². The first-order valence-electron chi connectivity index (χ1n) is 6.64. The Morgan fingerprint density at radius 3 is 2.37 bits per heavy atom. The summed E-state index contributed by atoms with van der Waals surface area (Å²) in [4.78, 5) is 14.4. The second kappa shape index (κ2) is 6.92. The van der Waals surface area contributed by atoms with E-state index in [0.717, 1.165) is 13.0 Å². The second-order valence-corrected chi connectivity index (χ2v) is 6.04. The highest BCUT2D eigenvalue weighted by molar-refractivity contribution is 6.30. The monoisotopic (exact) mass is 282 g/mol. The third-order valence-corrected chi connectivity index (χ3v) is 3.30. The number of nitrogens with zero attached hydrogens (tertiary/aromatic N) is 1.